The van der Waals surface area contributed by atoms with E-state index in [1.165, 1.54) is 12.2 Å². The molecule has 0 aliphatic heterocycles. The number of benzene rings is 1. The zero-order valence-corrected chi connectivity index (χ0v) is 15.9. The van der Waals surface area contributed by atoms with Gasteiger partial charge in [-0.1, -0.05) is 18.2 Å². The van der Waals surface area contributed by atoms with Crippen molar-refractivity contribution in [3.8, 4) is 11.5 Å². The summed E-state index contributed by atoms with van der Waals surface area (Å²) in [6.45, 7) is 2.86. The summed E-state index contributed by atoms with van der Waals surface area (Å²) in [5.41, 5.74) is 0. The Bertz CT molecular complexity index is 615. The molecule has 2 unspecified atom stereocenters. The monoisotopic (exact) mass is 394 g/mol. The van der Waals surface area contributed by atoms with Crippen LogP contribution in [0.3, 0.4) is 0 Å². The molecule has 0 saturated heterocycles. The van der Waals surface area contributed by atoms with Gasteiger partial charge in [0, 0.05) is 18.2 Å². The van der Waals surface area contributed by atoms with Gasteiger partial charge in [0.2, 0.25) is 0 Å². The highest BCUT2D eigenvalue weighted by molar-refractivity contribution is 5.82. The first kappa shape index (κ1) is 23.2. The minimum atomic E-state index is -0.979. The van der Waals surface area contributed by atoms with Gasteiger partial charge in [-0.05, 0) is 26.0 Å². The largest absolute Gasteiger partial charge is 0.491 e. The molecule has 8 nitrogen and oxygen atoms in total. The van der Waals surface area contributed by atoms with Crippen LogP contribution in [0.4, 0.5) is 0 Å². The minimum Gasteiger partial charge on any atom is -0.491 e. The average molecular weight is 394 g/mol. The second-order valence-electron chi connectivity index (χ2n) is 5.66. The molecule has 0 saturated carbocycles. The van der Waals surface area contributed by atoms with Crippen LogP contribution in [0.2, 0.25) is 0 Å². The van der Waals surface area contributed by atoms with Crippen molar-refractivity contribution in [2.24, 2.45) is 0 Å². The molecule has 0 heterocycles. The second-order valence-corrected chi connectivity index (χ2v) is 5.66. The third kappa shape index (κ3) is 10.3. The van der Waals surface area contributed by atoms with Gasteiger partial charge in [-0.2, -0.15) is 0 Å². The van der Waals surface area contributed by atoms with Crippen molar-refractivity contribution in [1.29, 1.82) is 0 Å². The smallest absolute Gasteiger partial charge is 0.330 e. The molecule has 28 heavy (non-hydrogen) atoms. The summed E-state index contributed by atoms with van der Waals surface area (Å²) in [4.78, 5) is 22.4. The van der Waals surface area contributed by atoms with E-state index >= 15 is 0 Å². The van der Waals surface area contributed by atoms with Crippen LogP contribution in [-0.2, 0) is 19.1 Å². The van der Waals surface area contributed by atoms with Gasteiger partial charge in [0.15, 0.2) is 0 Å². The van der Waals surface area contributed by atoms with Crippen molar-refractivity contribution >= 4 is 11.9 Å². The van der Waals surface area contributed by atoms with Crippen molar-refractivity contribution in [3.05, 3.63) is 48.6 Å². The van der Waals surface area contributed by atoms with E-state index in [-0.39, 0.29) is 26.4 Å². The molecular formula is C20H26O8. The molecule has 8 heteroatoms. The number of aliphatic hydroxyl groups excluding tert-OH is 2. The van der Waals surface area contributed by atoms with E-state index in [2.05, 4.69) is 0 Å². The number of hydrogen-bond acceptors (Lipinski definition) is 8. The van der Waals surface area contributed by atoms with Crippen LogP contribution in [0, 0.1) is 0 Å². The van der Waals surface area contributed by atoms with Crippen molar-refractivity contribution in [3.63, 3.8) is 0 Å². The summed E-state index contributed by atoms with van der Waals surface area (Å²) in [5.74, 6) is -0.200. The number of aliphatic hydroxyl groups is 2. The molecule has 0 aliphatic carbocycles. The fraction of sp³-hybridized carbons (Fsp3) is 0.400. The van der Waals surface area contributed by atoms with Crippen molar-refractivity contribution in [2.45, 2.75) is 26.1 Å². The Morgan fingerprint density at radius 3 is 1.68 bits per heavy atom. The molecule has 0 radical (unpaired) electrons. The van der Waals surface area contributed by atoms with Crippen LogP contribution in [0.25, 0.3) is 0 Å². The fourth-order valence-electron chi connectivity index (χ4n) is 1.86. The van der Waals surface area contributed by atoms with E-state index in [9.17, 15) is 19.8 Å². The molecule has 1 aromatic rings. The average Bonchev–Trinajstić information content (AvgIpc) is 2.68. The van der Waals surface area contributed by atoms with Gasteiger partial charge in [0.25, 0.3) is 0 Å². The van der Waals surface area contributed by atoms with E-state index in [1.807, 2.05) is 0 Å². The maximum atomic E-state index is 11.2. The molecule has 1 rings (SSSR count). The van der Waals surface area contributed by atoms with Gasteiger partial charge in [-0.3, -0.25) is 0 Å². The quantitative estimate of drug-likeness (QED) is 0.404. The predicted octanol–water partition coefficient (Wildman–Crippen LogP) is 1.40. The van der Waals surface area contributed by atoms with Crippen LogP contribution >= 0.6 is 0 Å². The van der Waals surface area contributed by atoms with Crippen molar-refractivity contribution < 1.29 is 38.7 Å². The third-order valence-electron chi connectivity index (χ3n) is 3.13. The number of carbonyl (C=O) groups is 2. The first-order valence-corrected chi connectivity index (χ1v) is 8.75. The number of allylic oxidation sites excluding steroid dienone is 2. The zero-order chi connectivity index (χ0) is 20.8. The highest BCUT2D eigenvalue weighted by atomic mass is 16.6. The van der Waals surface area contributed by atoms with Crippen molar-refractivity contribution in [1.82, 2.24) is 0 Å². The number of esters is 2. The summed E-state index contributed by atoms with van der Waals surface area (Å²) in [6.07, 6.45) is 3.63. The lowest BCUT2D eigenvalue weighted by molar-refractivity contribution is -0.142. The molecule has 0 amide bonds. The lowest BCUT2D eigenvalue weighted by Gasteiger charge is -2.14. The Labute approximate surface area is 164 Å². The predicted molar refractivity (Wildman–Crippen MR) is 101 cm³/mol. The first-order chi connectivity index (χ1) is 13.4. The van der Waals surface area contributed by atoms with Gasteiger partial charge in [-0.25, -0.2) is 9.59 Å². The van der Waals surface area contributed by atoms with Crippen LogP contribution < -0.4 is 9.47 Å². The molecule has 1 aromatic carbocycles. The summed E-state index contributed by atoms with van der Waals surface area (Å²) in [5, 5.41) is 19.6. The Morgan fingerprint density at radius 2 is 1.29 bits per heavy atom. The van der Waals surface area contributed by atoms with Crippen molar-refractivity contribution in [2.75, 3.05) is 26.4 Å². The zero-order valence-electron chi connectivity index (χ0n) is 15.9. The molecule has 0 fully saturated rings. The van der Waals surface area contributed by atoms with E-state index in [0.29, 0.717) is 11.5 Å². The molecule has 154 valence electrons. The summed E-state index contributed by atoms with van der Waals surface area (Å²) < 4.78 is 20.5. The van der Waals surface area contributed by atoms with Gasteiger partial charge < -0.3 is 29.2 Å². The fourth-order valence-corrected chi connectivity index (χ4v) is 1.86. The van der Waals surface area contributed by atoms with Crippen LogP contribution in [0.5, 0.6) is 11.5 Å². The van der Waals surface area contributed by atoms with Crippen LogP contribution in [0.1, 0.15) is 13.8 Å². The van der Waals surface area contributed by atoms with E-state index in [0.717, 1.165) is 0 Å². The Balaban J connectivity index is 2.36. The third-order valence-corrected chi connectivity index (χ3v) is 3.13. The molecule has 0 spiro atoms. The summed E-state index contributed by atoms with van der Waals surface area (Å²) in [7, 11) is 0. The second kappa shape index (κ2) is 13.3. The number of hydrogen-bond donors (Lipinski definition) is 2. The molecule has 0 aliphatic rings. The number of ether oxygens (including phenoxy) is 4. The molecule has 0 bridgehead atoms. The summed E-state index contributed by atoms with van der Waals surface area (Å²) >= 11 is 0. The maximum Gasteiger partial charge on any atom is 0.330 e. The molecular weight excluding hydrogens is 368 g/mol. The standard InChI is InChI=1S/C20H26O8/c1-3-6-19(23)27-13-15(21)11-25-17-8-5-9-18(10-17)26-12-16(22)14-28-20(24)7-4-2/h3-10,15-16,21-22H,11-14H2,1-2H3. The van der Waals surface area contributed by atoms with E-state index in [1.54, 1.807) is 50.3 Å². The van der Waals surface area contributed by atoms with E-state index in [4.69, 9.17) is 18.9 Å². The van der Waals surface area contributed by atoms with Crippen LogP contribution in [-0.4, -0.2) is 60.8 Å². The van der Waals surface area contributed by atoms with Gasteiger partial charge in [0.05, 0.1) is 0 Å². The normalized spacial score (nSPS) is 13.3. The Kier molecular flexibility index (Phi) is 11.1. The Hall–Kier alpha value is -2.84. The summed E-state index contributed by atoms with van der Waals surface area (Å²) in [6, 6.07) is 6.60. The van der Waals surface area contributed by atoms with Gasteiger partial charge in [-0.15, -0.1) is 0 Å². The number of carbonyl (C=O) groups excluding carboxylic acids is 2. The first-order valence-electron chi connectivity index (χ1n) is 8.75. The molecule has 2 atom stereocenters. The number of rotatable bonds is 12. The van der Waals surface area contributed by atoms with Gasteiger partial charge in [0.1, 0.15) is 50.1 Å². The Morgan fingerprint density at radius 1 is 0.857 bits per heavy atom. The maximum absolute atomic E-state index is 11.2. The molecule has 0 aromatic heterocycles. The van der Waals surface area contributed by atoms with Gasteiger partial charge >= 0.3 is 11.9 Å². The van der Waals surface area contributed by atoms with Crippen LogP contribution in [0.15, 0.2) is 48.6 Å². The minimum absolute atomic E-state index is 0.0733. The highest BCUT2D eigenvalue weighted by Crippen LogP contribution is 2.19. The lowest BCUT2D eigenvalue weighted by Crippen LogP contribution is -2.25. The highest BCUT2D eigenvalue weighted by Gasteiger charge is 2.10. The van der Waals surface area contributed by atoms with E-state index < -0.39 is 24.1 Å². The SMILES string of the molecule is CC=CC(=O)OCC(O)COc1cccc(OCC(O)COC(=O)C=CC)c1. The topological polar surface area (TPSA) is 112 Å². The lowest BCUT2D eigenvalue weighted by atomic mass is 10.3. The molecule has 2 N–H and O–H groups in total.